The molecule has 0 aliphatic carbocycles. The molecule has 0 fully saturated rings. The summed E-state index contributed by atoms with van der Waals surface area (Å²) in [5, 5.41) is 4.01. The number of anilines is 1. The molecule has 0 unspecified atom stereocenters. The first-order valence-corrected chi connectivity index (χ1v) is 5.28. The standard InChI is InChI=1S/C10H9BrN4O/c11-6-1-3-7(4-2-6)15-5-8(10(13)16)9(12)14-15/h1-5H,(H2,12,14)(H2,13,16). The molecule has 6 heteroatoms. The molecular weight excluding hydrogens is 272 g/mol. The van der Waals surface area contributed by atoms with Crippen LogP contribution in [0.3, 0.4) is 0 Å². The molecule has 0 atom stereocenters. The highest BCUT2D eigenvalue weighted by molar-refractivity contribution is 9.10. The Labute approximate surface area is 100 Å². The van der Waals surface area contributed by atoms with Crippen LogP contribution in [-0.2, 0) is 0 Å². The Morgan fingerprint density at radius 1 is 1.31 bits per heavy atom. The molecule has 0 saturated heterocycles. The molecule has 4 N–H and O–H groups in total. The molecule has 5 nitrogen and oxygen atoms in total. The van der Waals surface area contributed by atoms with Gasteiger partial charge < -0.3 is 11.5 Å². The SMILES string of the molecule is NC(=O)c1cn(-c2ccc(Br)cc2)nc1N. The number of halogens is 1. The fourth-order valence-electron chi connectivity index (χ4n) is 1.30. The van der Waals surface area contributed by atoms with Crippen LogP contribution in [-0.4, -0.2) is 15.7 Å². The number of carbonyl (C=O) groups is 1. The van der Waals surface area contributed by atoms with Gasteiger partial charge in [-0.25, -0.2) is 4.68 Å². The monoisotopic (exact) mass is 280 g/mol. The summed E-state index contributed by atoms with van der Waals surface area (Å²) in [5.74, 6) is -0.448. The Hall–Kier alpha value is -1.82. The quantitative estimate of drug-likeness (QED) is 0.870. The first-order chi connectivity index (χ1) is 7.58. The molecule has 1 amide bonds. The van der Waals surface area contributed by atoms with E-state index in [9.17, 15) is 4.79 Å². The highest BCUT2D eigenvalue weighted by Gasteiger charge is 2.11. The summed E-state index contributed by atoms with van der Waals surface area (Å²) < 4.78 is 2.48. The number of primary amides is 1. The van der Waals surface area contributed by atoms with E-state index in [2.05, 4.69) is 21.0 Å². The third-order valence-corrected chi connectivity index (χ3v) is 2.63. The molecule has 1 aromatic heterocycles. The van der Waals surface area contributed by atoms with E-state index < -0.39 is 5.91 Å². The van der Waals surface area contributed by atoms with Gasteiger partial charge in [0.1, 0.15) is 5.56 Å². The normalized spacial score (nSPS) is 10.3. The van der Waals surface area contributed by atoms with Crippen LogP contribution in [0.4, 0.5) is 5.82 Å². The number of amides is 1. The number of benzene rings is 1. The highest BCUT2D eigenvalue weighted by Crippen LogP contribution is 2.16. The van der Waals surface area contributed by atoms with Crippen molar-refractivity contribution in [1.82, 2.24) is 9.78 Å². The van der Waals surface area contributed by atoms with Crippen LogP contribution in [0.2, 0.25) is 0 Å². The Bertz CT molecular complexity index is 532. The minimum absolute atomic E-state index is 0.135. The predicted octanol–water partition coefficient (Wildman–Crippen LogP) is 1.32. The Morgan fingerprint density at radius 3 is 2.44 bits per heavy atom. The molecule has 16 heavy (non-hydrogen) atoms. The molecule has 2 rings (SSSR count). The van der Waals surface area contributed by atoms with Gasteiger partial charge in [0.15, 0.2) is 5.82 Å². The fraction of sp³-hybridized carbons (Fsp3) is 0. The first-order valence-electron chi connectivity index (χ1n) is 4.49. The maximum absolute atomic E-state index is 11.0. The average molecular weight is 281 g/mol. The highest BCUT2D eigenvalue weighted by atomic mass is 79.9. The zero-order valence-electron chi connectivity index (χ0n) is 8.22. The van der Waals surface area contributed by atoms with Gasteiger partial charge >= 0.3 is 0 Å². The van der Waals surface area contributed by atoms with E-state index >= 15 is 0 Å². The summed E-state index contributed by atoms with van der Waals surface area (Å²) in [6.45, 7) is 0. The topological polar surface area (TPSA) is 86.9 Å². The second-order valence-corrected chi connectivity index (χ2v) is 4.13. The molecule has 0 aliphatic heterocycles. The van der Waals surface area contributed by atoms with Crippen LogP contribution in [0.5, 0.6) is 0 Å². The molecule has 0 bridgehead atoms. The van der Waals surface area contributed by atoms with E-state index in [0.717, 1.165) is 10.2 Å². The molecule has 0 aliphatic rings. The molecule has 1 aromatic carbocycles. The molecule has 0 saturated carbocycles. The summed E-state index contributed by atoms with van der Waals surface area (Å²) in [4.78, 5) is 11.0. The Kier molecular flexibility index (Phi) is 2.66. The second kappa shape index (κ2) is 3.97. The van der Waals surface area contributed by atoms with Gasteiger partial charge in [0.25, 0.3) is 5.91 Å². The van der Waals surface area contributed by atoms with Gasteiger partial charge in [0, 0.05) is 10.7 Å². The fourth-order valence-corrected chi connectivity index (χ4v) is 1.57. The van der Waals surface area contributed by atoms with E-state index in [0.29, 0.717) is 0 Å². The van der Waals surface area contributed by atoms with Gasteiger partial charge in [-0.2, -0.15) is 0 Å². The third-order valence-electron chi connectivity index (χ3n) is 2.10. The number of carbonyl (C=O) groups excluding carboxylic acids is 1. The van der Waals surface area contributed by atoms with Crippen LogP contribution in [0.1, 0.15) is 10.4 Å². The first kappa shape index (κ1) is 10.7. The number of nitrogen functional groups attached to an aromatic ring is 1. The molecule has 1 heterocycles. The van der Waals surface area contributed by atoms with E-state index in [1.807, 2.05) is 24.3 Å². The van der Waals surface area contributed by atoms with Gasteiger partial charge in [-0.05, 0) is 24.3 Å². The lowest BCUT2D eigenvalue weighted by molar-refractivity contribution is 0.100. The number of nitrogens with zero attached hydrogens (tertiary/aromatic N) is 2. The van der Waals surface area contributed by atoms with Crippen molar-refractivity contribution in [2.45, 2.75) is 0 Å². The maximum Gasteiger partial charge on any atom is 0.254 e. The lowest BCUT2D eigenvalue weighted by atomic mass is 10.3. The largest absolute Gasteiger partial charge is 0.382 e. The van der Waals surface area contributed by atoms with Crippen molar-refractivity contribution in [3.8, 4) is 5.69 Å². The van der Waals surface area contributed by atoms with E-state index in [1.165, 1.54) is 10.9 Å². The van der Waals surface area contributed by atoms with Crippen molar-refractivity contribution in [2.24, 2.45) is 5.73 Å². The van der Waals surface area contributed by atoms with E-state index in [-0.39, 0.29) is 11.4 Å². The number of hydrogen-bond acceptors (Lipinski definition) is 3. The minimum Gasteiger partial charge on any atom is -0.382 e. The summed E-state index contributed by atoms with van der Waals surface area (Å²) in [6.07, 6.45) is 1.51. The van der Waals surface area contributed by atoms with Crippen LogP contribution in [0.25, 0.3) is 5.69 Å². The van der Waals surface area contributed by atoms with Gasteiger partial charge in [-0.3, -0.25) is 4.79 Å². The Morgan fingerprint density at radius 2 is 1.94 bits per heavy atom. The summed E-state index contributed by atoms with van der Waals surface area (Å²) in [7, 11) is 0. The molecular formula is C10H9BrN4O. The van der Waals surface area contributed by atoms with Gasteiger partial charge in [-0.15, -0.1) is 5.10 Å². The van der Waals surface area contributed by atoms with Crippen LogP contribution in [0, 0.1) is 0 Å². The van der Waals surface area contributed by atoms with Crippen molar-refractivity contribution < 1.29 is 4.79 Å². The van der Waals surface area contributed by atoms with Gasteiger partial charge in [0.2, 0.25) is 0 Å². The minimum atomic E-state index is -0.583. The maximum atomic E-state index is 11.0. The van der Waals surface area contributed by atoms with Gasteiger partial charge in [-0.1, -0.05) is 15.9 Å². The van der Waals surface area contributed by atoms with Crippen molar-refractivity contribution in [2.75, 3.05) is 5.73 Å². The number of rotatable bonds is 2. The predicted molar refractivity (Wildman–Crippen MR) is 64.2 cm³/mol. The Balaban J connectivity index is 2.45. The number of hydrogen-bond donors (Lipinski definition) is 2. The molecule has 0 spiro atoms. The average Bonchev–Trinajstić information content (AvgIpc) is 2.61. The molecule has 82 valence electrons. The second-order valence-electron chi connectivity index (χ2n) is 3.21. The summed E-state index contributed by atoms with van der Waals surface area (Å²) in [6, 6.07) is 7.44. The van der Waals surface area contributed by atoms with Crippen molar-refractivity contribution >= 4 is 27.7 Å². The van der Waals surface area contributed by atoms with E-state index in [1.54, 1.807) is 0 Å². The summed E-state index contributed by atoms with van der Waals surface area (Å²) in [5.41, 5.74) is 11.8. The number of aromatic nitrogens is 2. The summed E-state index contributed by atoms with van der Waals surface area (Å²) >= 11 is 3.33. The zero-order chi connectivity index (χ0) is 11.7. The molecule has 0 radical (unpaired) electrons. The van der Waals surface area contributed by atoms with Crippen LogP contribution < -0.4 is 11.5 Å². The third kappa shape index (κ3) is 1.92. The van der Waals surface area contributed by atoms with Crippen molar-refractivity contribution in [3.05, 3.63) is 40.5 Å². The van der Waals surface area contributed by atoms with E-state index in [4.69, 9.17) is 11.5 Å². The van der Waals surface area contributed by atoms with Crippen LogP contribution >= 0.6 is 15.9 Å². The molecule has 2 aromatic rings. The zero-order valence-corrected chi connectivity index (χ0v) is 9.81. The van der Waals surface area contributed by atoms with Crippen LogP contribution in [0.15, 0.2) is 34.9 Å². The lowest BCUT2D eigenvalue weighted by Gasteiger charge is -1.99. The van der Waals surface area contributed by atoms with Crippen molar-refractivity contribution in [3.63, 3.8) is 0 Å². The van der Waals surface area contributed by atoms with Crippen molar-refractivity contribution in [1.29, 1.82) is 0 Å². The lowest BCUT2D eigenvalue weighted by Crippen LogP contribution is -2.11. The van der Waals surface area contributed by atoms with Gasteiger partial charge in [0.05, 0.1) is 5.69 Å². The smallest absolute Gasteiger partial charge is 0.254 e. The number of nitrogens with two attached hydrogens (primary N) is 2.